The Labute approximate surface area is 168 Å². The molecule has 150 valence electrons. The maximum absolute atomic E-state index is 7.57. The molecule has 0 unspecified atom stereocenters. The summed E-state index contributed by atoms with van der Waals surface area (Å²) in [7, 11) is 3.98. The normalized spacial score (nSPS) is 9.75. The van der Waals surface area contributed by atoms with Gasteiger partial charge in [-0.25, -0.2) is 0 Å². The molecule has 0 fully saturated rings. The van der Waals surface area contributed by atoms with Gasteiger partial charge in [0.15, 0.2) is 0 Å². The summed E-state index contributed by atoms with van der Waals surface area (Å²) in [5, 5.41) is 10.6. The minimum absolute atomic E-state index is 0.250. The summed E-state index contributed by atoms with van der Waals surface area (Å²) < 4.78 is 0. The zero-order chi connectivity index (χ0) is 20.5. The van der Waals surface area contributed by atoms with Gasteiger partial charge in [-0.3, -0.25) is 19.9 Å². The van der Waals surface area contributed by atoms with Crippen molar-refractivity contribution in [1.82, 2.24) is 25.2 Å². The van der Waals surface area contributed by atoms with Crippen LogP contribution in [0.1, 0.15) is 24.0 Å². The van der Waals surface area contributed by atoms with E-state index in [-0.39, 0.29) is 6.61 Å². The van der Waals surface area contributed by atoms with Crippen LogP contribution in [0.25, 0.3) is 0 Å². The van der Waals surface area contributed by atoms with Crippen LogP contribution in [-0.4, -0.2) is 45.7 Å². The third-order valence-corrected chi connectivity index (χ3v) is 3.40. The SMILES string of the molecule is CCO.CN(Cc1ccccn1)Cc1ccccn1.CNCc1ccccn1. The number of nitrogens with one attached hydrogen (secondary N) is 1. The van der Waals surface area contributed by atoms with Crippen molar-refractivity contribution >= 4 is 0 Å². The summed E-state index contributed by atoms with van der Waals surface area (Å²) in [6.45, 7) is 4.47. The maximum atomic E-state index is 7.57. The van der Waals surface area contributed by atoms with Crippen LogP contribution in [0.5, 0.6) is 0 Å². The van der Waals surface area contributed by atoms with Gasteiger partial charge in [0, 0.05) is 44.8 Å². The third-order valence-electron chi connectivity index (χ3n) is 3.40. The lowest BCUT2D eigenvalue weighted by atomic mass is 10.3. The Balaban J connectivity index is 0.000000276. The van der Waals surface area contributed by atoms with E-state index in [1.165, 1.54) is 0 Å². The Kier molecular flexibility index (Phi) is 12.8. The molecule has 6 heteroatoms. The summed E-state index contributed by atoms with van der Waals surface area (Å²) in [6.07, 6.45) is 5.44. The fourth-order valence-electron chi connectivity index (χ4n) is 2.28. The average Bonchev–Trinajstić information content (AvgIpc) is 2.72. The monoisotopic (exact) mass is 381 g/mol. The van der Waals surface area contributed by atoms with Gasteiger partial charge in [-0.15, -0.1) is 0 Å². The molecule has 3 heterocycles. The Morgan fingerprint density at radius 3 is 1.50 bits per heavy atom. The van der Waals surface area contributed by atoms with Crippen LogP contribution in [-0.2, 0) is 19.6 Å². The van der Waals surface area contributed by atoms with Gasteiger partial charge >= 0.3 is 0 Å². The molecule has 2 N–H and O–H groups in total. The lowest BCUT2D eigenvalue weighted by Gasteiger charge is -2.15. The van der Waals surface area contributed by atoms with Crippen molar-refractivity contribution in [1.29, 1.82) is 0 Å². The number of rotatable bonds is 6. The molecule has 0 amide bonds. The van der Waals surface area contributed by atoms with E-state index >= 15 is 0 Å². The molecule has 0 saturated carbocycles. The zero-order valence-electron chi connectivity index (χ0n) is 17.0. The van der Waals surface area contributed by atoms with E-state index in [0.717, 1.165) is 36.7 Å². The van der Waals surface area contributed by atoms with Gasteiger partial charge in [0.25, 0.3) is 0 Å². The second-order valence-electron chi connectivity index (χ2n) is 5.98. The number of aromatic nitrogens is 3. The summed E-state index contributed by atoms with van der Waals surface area (Å²) in [5.74, 6) is 0. The van der Waals surface area contributed by atoms with Gasteiger partial charge < -0.3 is 10.4 Å². The van der Waals surface area contributed by atoms with Crippen LogP contribution in [0.15, 0.2) is 73.2 Å². The summed E-state index contributed by atoms with van der Waals surface area (Å²) in [4.78, 5) is 14.9. The smallest absolute Gasteiger partial charge is 0.0543 e. The van der Waals surface area contributed by atoms with Crippen molar-refractivity contribution in [2.45, 2.75) is 26.6 Å². The molecule has 3 aromatic rings. The molecule has 0 aliphatic heterocycles. The van der Waals surface area contributed by atoms with Gasteiger partial charge in [-0.2, -0.15) is 0 Å². The number of aliphatic hydroxyl groups excluding tert-OH is 1. The van der Waals surface area contributed by atoms with Crippen molar-refractivity contribution in [3.8, 4) is 0 Å². The van der Waals surface area contributed by atoms with E-state index in [1.54, 1.807) is 13.1 Å². The standard InChI is InChI=1S/C13H15N3.C7H10N2.C2H6O/c1-16(10-12-6-2-4-8-14-12)11-13-7-3-5-9-15-13;1-8-6-7-4-2-3-5-9-7;1-2-3/h2-9H,10-11H2,1H3;2-5,8H,6H2,1H3;3H,2H2,1H3. The molecule has 3 rings (SSSR count). The summed E-state index contributed by atoms with van der Waals surface area (Å²) in [5.41, 5.74) is 3.25. The van der Waals surface area contributed by atoms with E-state index in [4.69, 9.17) is 5.11 Å². The highest BCUT2D eigenvalue weighted by molar-refractivity contribution is 5.06. The van der Waals surface area contributed by atoms with Crippen LogP contribution in [0.3, 0.4) is 0 Å². The van der Waals surface area contributed by atoms with E-state index in [2.05, 4.69) is 32.2 Å². The molecule has 3 aromatic heterocycles. The first-order valence-corrected chi connectivity index (χ1v) is 9.33. The highest BCUT2D eigenvalue weighted by atomic mass is 16.2. The Hall–Kier alpha value is -2.67. The van der Waals surface area contributed by atoms with E-state index < -0.39 is 0 Å². The van der Waals surface area contributed by atoms with Crippen LogP contribution in [0, 0.1) is 0 Å². The molecule has 0 aromatic carbocycles. The molecule has 28 heavy (non-hydrogen) atoms. The largest absolute Gasteiger partial charge is 0.397 e. The quantitative estimate of drug-likeness (QED) is 0.684. The van der Waals surface area contributed by atoms with Gasteiger partial charge in [0.1, 0.15) is 0 Å². The van der Waals surface area contributed by atoms with Crippen molar-refractivity contribution < 1.29 is 5.11 Å². The minimum atomic E-state index is 0.250. The fourth-order valence-corrected chi connectivity index (χ4v) is 2.28. The van der Waals surface area contributed by atoms with Crippen molar-refractivity contribution in [2.75, 3.05) is 20.7 Å². The van der Waals surface area contributed by atoms with Crippen LogP contribution in [0.4, 0.5) is 0 Å². The Morgan fingerprint density at radius 1 is 0.786 bits per heavy atom. The van der Waals surface area contributed by atoms with E-state index in [9.17, 15) is 0 Å². The van der Waals surface area contributed by atoms with Gasteiger partial charge in [0.2, 0.25) is 0 Å². The predicted octanol–water partition coefficient (Wildman–Crippen LogP) is 2.91. The first kappa shape index (κ1) is 23.4. The topological polar surface area (TPSA) is 74.2 Å². The highest BCUT2D eigenvalue weighted by Gasteiger charge is 2.02. The molecular weight excluding hydrogens is 350 g/mol. The van der Waals surface area contributed by atoms with Crippen molar-refractivity contribution in [3.63, 3.8) is 0 Å². The lowest BCUT2D eigenvalue weighted by Crippen LogP contribution is -2.18. The number of aliphatic hydroxyl groups is 1. The molecule has 0 saturated heterocycles. The van der Waals surface area contributed by atoms with Crippen molar-refractivity contribution in [3.05, 3.63) is 90.3 Å². The van der Waals surface area contributed by atoms with Crippen molar-refractivity contribution in [2.24, 2.45) is 0 Å². The van der Waals surface area contributed by atoms with Crippen LogP contribution < -0.4 is 5.32 Å². The number of hydrogen-bond donors (Lipinski definition) is 2. The fraction of sp³-hybridized carbons (Fsp3) is 0.318. The van der Waals surface area contributed by atoms with E-state index in [1.807, 2.05) is 74.0 Å². The molecule has 0 atom stereocenters. The zero-order valence-corrected chi connectivity index (χ0v) is 17.0. The number of hydrogen-bond acceptors (Lipinski definition) is 6. The number of nitrogens with zero attached hydrogens (tertiary/aromatic N) is 4. The molecule has 0 spiro atoms. The Morgan fingerprint density at radius 2 is 1.18 bits per heavy atom. The van der Waals surface area contributed by atoms with E-state index in [0.29, 0.717) is 0 Å². The average molecular weight is 382 g/mol. The second-order valence-corrected chi connectivity index (χ2v) is 5.98. The first-order chi connectivity index (χ1) is 13.7. The molecule has 0 radical (unpaired) electrons. The maximum Gasteiger partial charge on any atom is 0.0543 e. The third kappa shape index (κ3) is 11.1. The summed E-state index contributed by atoms with van der Waals surface area (Å²) in [6, 6.07) is 17.9. The number of pyridine rings is 3. The molecule has 6 nitrogen and oxygen atoms in total. The molecule has 0 aliphatic rings. The summed E-state index contributed by atoms with van der Waals surface area (Å²) >= 11 is 0. The Bertz CT molecular complexity index is 669. The molecular formula is C22H31N5O. The molecule has 0 bridgehead atoms. The van der Waals surface area contributed by atoms with Crippen LogP contribution in [0.2, 0.25) is 0 Å². The minimum Gasteiger partial charge on any atom is -0.397 e. The van der Waals surface area contributed by atoms with Gasteiger partial charge in [-0.1, -0.05) is 18.2 Å². The molecule has 0 aliphatic carbocycles. The van der Waals surface area contributed by atoms with Gasteiger partial charge in [0.05, 0.1) is 17.1 Å². The first-order valence-electron chi connectivity index (χ1n) is 9.33. The van der Waals surface area contributed by atoms with Gasteiger partial charge in [-0.05, 0) is 57.4 Å². The lowest BCUT2D eigenvalue weighted by molar-refractivity contribution is 0.311. The predicted molar refractivity (Wildman–Crippen MR) is 113 cm³/mol. The van der Waals surface area contributed by atoms with Crippen LogP contribution >= 0.6 is 0 Å². The second kappa shape index (κ2) is 15.4. The highest BCUT2D eigenvalue weighted by Crippen LogP contribution is 2.03.